The second-order valence-electron chi connectivity index (χ2n) is 9.73. The van der Waals surface area contributed by atoms with Gasteiger partial charge in [0, 0.05) is 79.4 Å². The number of aromatic amines is 1. The average Bonchev–Trinajstić information content (AvgIpc) is 3.23. The maximum Gasteiger partial charge on any atom is 0.163 e. The predicted octanol–water partition coefficient (Wildman–Crippen LogP) is 3.56. The molecule has 2 unspecified atom stereocenters. The summed E-state index contributed by atoms with van der Waals surface area (Å²) in [4.78, 5) is 27.0. The number of nitrogens with one attached hydrogen (secondary N) is 2. The van der Waals surface area contributed by atoms with E-state index >= 15 is 0 Å². The van der Waals surface area contributed by atoms with E-state index in [9.17, 15) is 4.39 Å². The minimum atomic E-state index is -0.599. The van der Waals surface area contributed by atoms with Crippen molar-refractivity contribution in [2.75, 3.05) is 23.3 Å². The first-order valence-corrected chi connectivity index (χ1v) is 12.6. The summed E-state index contributed by atoms with van der Waals surface area (Å²) in [6, 6.07) is 12.6. The number of H-pyrrole nitrogens is 1. The highest BCUT2D eigenvalue weighted by Gasteiger charge is 2.53. The number of pyridine rings is 2. The van der Waals surface area contributed by atoms with Gasteiger partial charge in [-0.2, -0.15) is 5.10 Å². The lowest BCUT2D eigenvalue weighted by molar-refractivity contribution is 0.444. The van der Waals surface area contributed by atoms with Crippen LogP contribution in [0.15, 0.2) is 65.8 Å². The Hall–Kier alpha value is -4.71. The van der Waals surface area contributed by atoms with Crippen LogP contribution in [0.25, 0.3) is 11.4 Å². The molecule has 2 atom stereocenters. The van der Waals surface area contributed by atoms with E-state index in [-0.39, 0.29) is 0 Å². The van der Waals surface area contributed by atoms with Gasteiger partial charge >= 0.3 is 0 Å². The molecule has 0 saturated carbocycles. The van der Waals surface area contributed by atoms with Gasteiger partial charge in [-0.1, -0.05) is 6.07 Å². The number of aryl methyl sites for hydroxylation is 2. The number of nitrogens with zero attached hydrogens (tertiary/aromatic N) is 8. The summed E-state index contributed by atoms with van der Waals surface area (Å²) < 4.78 is 13.1. The number of anilines is 3. The molecule has 39 heavy (non-hydrogen) atoms. The molecule has 2 fully saturated rings. The molecule has 0 spiro atoms. The molecule has 12 heteroatoms. The Bertz CT molecular complexity index is 1520. The van der Waals surface area contributed by atoms with Crippen LogP contribution < -0.4 is 16.0 Å². The average molecular weight is 526 g/mol. The van der Waals surface area contributed by atoms with E-state index in [2.05, 4.69) is 45.3 Å². The molecule has 2 saturated heterocycles. The fourth-order valence-corrected chi connectivity index (χ4v) is 4.84. The summed E-state index contributed by atoms with van der Waals surface area (Å²) in [6.45, 7) is 6.56. The van der Waals surface area contributed by atoms with Crippen molar-refractivity contribution < 1.29 is 4.39 Å². The lowest BCUT2D eigenvalue weighted by Crippen LogP contribution is -2.29. The molecule has 11 nitrogen and oxygen atoms in total. The molecule has 0 aliphatic carbocycles. The summed E-state index contributed by atoms with van der Waals surface area (Å²) in [5, 5.41) is 10.4. The second-order valence-corrected chi connectivity index (χ2v) is 9.73. The first-order chi connectivity index (χ1) is 18.9. The fourth-order valence-electron chi connectivity index (χ4n) is 4.84. The molecule has 6 rings (SSSR count). The summed E-state index contributed by atoms with van der Waals surface area (Å²) in [6.07, 6.45) is 5.53. The van der Waals surface area contributed by atoms with E-state index in [1.165, 1.54) is 0 Å². The molecule has 4 N–H and O–H groups in total. The first-order valence-electron chi connectivity index (χ1n) is 12.6. The van der Waals surface area contributed by atoms with E-state index in [0.29, 0.717) is 35.4 Å². The van der Waals surface area contributed by atoms with E-state index in [1.807, 2.05) is 50.4 Å². The zero-order valence-corrected chi connectivity index (χ0v) is 21.6. The topological polar surface area (TPSA) is 137 Å². The Morgan fingerprint density at radius 2 is 1.95 bits per heavy atom. The van der Waals surface area contributed by atoms with Crippen LogP contribution in [-0.2, 0) is 6.54 Å². The Morgan fingerprint density at radius 1 is 1.10 bits per heavy atom. The lowest BCUT2D eigenvalue weighted by atomic mass is 10.2. The van der Waals surface area contributed by atoms with Crippen molar-refractivity contribution in [1.29, 1.82) is 0 Å². The molecular weight excluding hydrogens is 497 g/mol. The van der Waals surface area contributed by atoms with E-state index < -0.39 is 5.83 Å². The number of aromatic nitrogens is 6. The number of aliphatic imine (C=N–C) groups is 1. The van der Waals surface area contributed by atoms with Crippen LogP contribution in [0.4, 0.5) is 27.7 Å². The second kappa shape index (κ2) is 10.2. The monoisotopic (exact) mass is 525 g/mol. The van der Waals surface area contributed by atoms with Crippen LogP contribution in [0.3, 0.4) is 0 Å². The van der Waals surface area contributed by atoms with Crippen molar-refractivity contribution in [3.63, 3.8) is 0 Å². The molecule has 4 aromatic rings. The molecule has 2 aliphatic heterocycles. The molecule has 198 valence electrons. The minimum absolute atomic E-state index is 0.443. The molecule has 0 bridgehead atoms. The smallest absolute Gasteiger partial charge is 0.163 e. The van der Waals surface area contributed by atoms with E-state index in [0.717, 1.165) is 60.4 Å². The third-order valence-corrected chi connectivity index (χ3v) is 6.82. The quantitative estimate of drug-likeness (QED) is 0.233. The molecule has 4 aromatic heterocycles. The summed E-state index contributed by atoms with van der Waals surface area (Å²) in [7, 11) is 0. The number of halogens is 1. The van der Waals surface area contributed by atoms with Crippen molar-refractivity contribution >= 4 is 29.5 Å². The van der Waals surface area contributed by atoms with Gasteiger partial charge in [0.05, 0.1) is 6.21 Å². The van der Waals surface area contributed by atoms with Crippen LogP contribution in [0, 0.1) is 13.8 Å². The van der Waals surface area contributed by atoms with Gasteiger partial charge in [0.15, 0.2) is 23.3 Å². The van der Waals surface area contributed by atoms with E-state index in [4.69, 9.17) is 10.7 Å². The standard InChI is InChI=1S/C27H28FN11/c1-16-7-24(34-25-8-17(2)36-37-25)35-27(33-16)19-4-6-26(32-11-19)38-14-21-22(15-38)39(21)13-18-3-5-23(30-10-18)31-12-20(28)9-29/h3-12,21-22H,13-15,29H2,1-2H3,(H2,33,34,35,36,37). The molecule has 6 heterocycles. The van der Waals surface area contributed by atoms with Crippen LogP contribution in [0.1, 0.15) is 17.0 Å². The minimum Gasteiger partial charge on any atom is -0.402 e. The zero-order valence-electron chi connectivity index (χ0n) is 21.6. The van der Waals surface area contributed by atoms with Gasteiger partial charge in [-0.3, -0.25) is 10.00 Å². The van der Waals surface area contributed by atoms with Crippen molar-refractivity contribution in [2.24, 2.45) is 10.7 Å². The van der Waals surface area contributed by atoms with Gasteiger partial charge in [0.1, 0.15) is 11.6 Å². The summed E-state index contributed by atoms with van der Waals surface area (Å²) in [5.74, 6) is 2.80. The number of rotatable bonds is 8. The van der Waals surface area contributed by atoms with Gasteiger partial charge in [-0.25, -0.2) is 29.3 Å². The molecule has 0 aromatic carbocycles. The fraction of sp³-hybridized carbons (Fsp3) is 0.259. The third-order valence-electron chi connectivity index (χ3n) is 6.82. The number of allylic oxidation sites excluding steroid dienone is 1. The van der Waals surface area contributed by atoms with Crippen molar-refractivity contribution in [3.05, 3.63) is 77.8 Å². The van der Waals surface area contributed by atoms with Gasteiger partial charge in [-0.05, 0) is 37.6 Å². The molecule has 0 amide bonds. The zero-order chi connectivity index (χ0) is 26.9. The molecular formula is C27H28FN11. The van der Waals surface area contributed by atoms with Gasteiger partial charge < -0.3 is 16.0 Å². The van der Waals surface area contributed by atoms with Gasteiger partial charge in [0.2, 0.25) is 0 Å². The SMILES string of the molecule is Cc1cc(Nc2cc(C)[nH]n2)nc(-c2ccc(N3CC4C(C3)N4Cc3ccc(N=CC(F)=CN)nc3)nc2)n1. The Labute approximate surface area is 224 Å². The van der Waals surface area contributed by atoms with Gasteiger partial charge in [0.25, 0.3) is 0 Å². The maximum absolute atomic E-state index is 13.1. The molecule has 2 aliphatic rings. The number of hydrogen-bond donors (Lipinski definition) is 3. The van der Waals surface area contributed by atoms with Crippen LogP contribution in [0.2, 0.25) is 0 Å². The molecule has 0 radical (unpaired) electrons. The summed E-state index contributed by atoms with van der Waals surface area (Å²) in [5.41, 5.74) is 8.89. The van der Waals surface area contributed by atoms with Crippen LogP contribution >= 0.6 is 0 Å². The Balaban J connectivity index is 1.05. The lowest BCUT2D eigenvalue weighted by Gasteiger charge is -2.22. The van der Waals surface area contributed by atoms with E-state index in [1.54, 1.807) is 12.3 Å². The first kappa shape index (κ1) is 24.6. The highest BCUT2D eigenvalue weighted by Crippen LogP contribution is 2.38. The Morgan fingerprint density at radius 3 is 2.62 bits per heavy atom. The van der Waals surface area contributed by atoms with Gasteiger partial charge in [-0.15, -0.1) is 0 Å². The van der Waals surface area contributed by atoms with Crippen LogP contribution in [0.5, 0.6) is 0 Å². The number of nitrogens with two attached hydrogens (primary N) is 1. The third kappa shape index (κ3) is 5.46. The largest absolute Gasteiger partial charge is 0.402 e. The number of piperazine rings is 1. The Kier molecular flexibility index (Phi) is 6.45. The number of hydrogen-bond acceptors (Lipinski definition) is 10. The highest BCUT2D eigenvalue weighted by atomic mass is 19.1. The maximum atomic E-state index is 13.1. The normalized spacial score (nSPS) is 20.4. The highest BCUT2D eigenvalue weighted by molar-refractivity contribution is 5.77. The van der Waals surface area contributed by atoms with Crippen molar-refractivity contribution in [2.45, 2.75) is 32.5 Å². The van der Waals surface area contributed by atoms with Crippen molar-refractivity contribution in [1.82, 2.24) is 35.0 Å². The van der Waals surface area contributed by atoms with Crippen LogP contribution in [-0.4, -0.2) is 66.4 Å². The predicted molar refractivity (Wildman–Crippen MR) is 148 cm³/mol. The number of fused-ring (bicyclic) bond motifs is 1. The van der Waals surface area contributed by atoms with Crippen molar-refractivity contribution in [3.8, 4) is 11.4 Å². The summed E-state index contributed by atoms with van der Waals surface area (Å²) >= 11 is 0.